The molecule has 0 unspecified atom stereocenters. The van der Waals surface area contributed by atoms with Gasteiger partial charge in [-0.2, -0.15) is 27.8 Å². The lowest BCUT2D eigenvalue weighted by atomic mass is 9.83. The summed E-state index contributed by atoms with van der Waals surface area (Å²) in [6, 6.07) is 9.59. The molecule has 1 aliphatic rings. The Labute approximate surface area is 160 Å². The Kier molecular flexibility index (Phi) is 5.65. The lowest BCUT2D eigenvalue weighted by Gasteiger charge is -2.29. The zero-order chi connectivity index (χ0) is 19.6. The van der Waals surface area contributed by atoms with Crippen LogP contribution in [0, 0.1) is 18.3 Å². The van der Waals surface area contributed by atoms with Gasteiger partial charge in [0.1, 0.15) is 0 Å². The predicted molar refractivity (Wildman–Crippen MR) is 104 cm³/mol. The average Bonchev–Trinajstić information content (AvgIpc) is 3.03. The van der Waals surface area contributed by atoms with Crippen molar-refractivity contribution in [2.45, 2.75) is 44.6 Å². The van der Waals surface area contributed by atoms with E-state index in [2.05, 4.69) is 21.0 Å². The number of nitriles is 1. The molecule has 1 heterocycles. The van der Waals surface area contributed by atoms with E-state index in [0.29, 0.717) is 11.5 Å². The molecular formula is C19H25N5O2S. The number of nitrogens with zero attached hydrogens (tertiary/aromatic N) is 3. The quantitative estimate of drug-likeness (QED) is 0.823. The SMILES string of the molecule is Cc1c(-c2cccc(C#N)c2)n[nH]c1C1CCC(NS(=O)(=O)N(C)C)CC1. The fraction of sp³-hybridized carbons (Fsp3) is 0.474. The van der Waals surface area contributed by atoms with Crippen LogP contribution in [0.25, 0.3) is 11.3 Å². The van der Waals surface area contributed by atoms with Gasteiger partial charge in [-0.1, -0.05) is 12.1 Å². The van der Waals surface area contributed by atoms with Crippen LogP contribution < -0.4 is 4.72 Å². The topological polar surface area (TPSA) is 102 Å². The largest absolute Gasteiger partial charge is 0.281 e. The van der Waals surface area contributed by atoms with Crippen molar-refractivity contribution in [2.75, 3.05) is 14.1 Å². The van der Waals surface area contributed by atoms with E-state index in [1.54, 1.807) is 6.07 Å². The summed E-state index contributed by atoms with van der Waals surface area (Å²) in [6.45, 7) is 2.05. The third-order valence-electron chi connectivity index (χ3n) is 5.24. The molecule has 2 aromatic rings. The molecule has 7 nitrogen and oxygen atoms in total. The van der Waals surface area contributed by atoms with Crippen molar-refractivity contribution in [1.29, 1.82) is 5.26 Å². The smallest absolute Gasteiger partial charge is 0.279 e. The third-order valence-corrected chi connectivity index (χ3v) is 6.84. The minimum absolute atomic E-state index is 0.0244. The molecule has 1 aromatic carbocycles. The molecule has 27 heavy (non-hydrogen) atoms. The summed E-state index contributed by atoms with van der Waals surface area (Å²) in [5.74, 6) is 0.338. The fourth-order valence-electron chi connectivity index (χ4n) is 3.64. The van der Waals surface area contributed by atoms with E-state index in [9.17, 15) is 8.42 Å². The van der Waals surface area contributed by atoms with E-state index >= 15 is 0 Å². The summed E-state index contributed by atoms with van der Waals surface area (Å²) in [5.41, 5.74) is 4.63. The Hall–Kier alpha value is -2.21. The van der Waals surface area contributed by atoms with Crippen LogP contribution in [0.15, 0.2) is 24.3 Å². The summed E-state index contributed by atoms with van der Waals surface area (Å²) >= 11 is 0. The van der Waals surface area contributed by atoms with Crippen molar-refractivity contribution >= 4 is 10.2 Å². The van der Waals surface area contributed by atoms with Gasteiger partial charge in [0.25, 0.3) is 10.2 Å². The summed E-state index contributed by atoms with van der Waals surface area (Å²) < 4.78 is 28.0. The molecule has 1 saturated carbocycles. The molecule has 0 aliphatic heterocycles. The summed E-state index contributed by atoms with van der Waals surface area (Å²) in [6.07, 6.45) is 3.41. The molecule has 1 aromatic heterocycles. The van der Waals surface area contributed by atoms with Gasteiger partial charge in [-0.3, -0.25) is 5.10 Å². The monoisotopic (exact) mass is 387 g/mol. The van der Waals surface area contributed by atoms with E-state index in [1.807, 2.05) is 25.1 Å². The highest BCUT2D eigenvalue weighted by molar-refractivity contribution is 7.87. The van der Waals surface area contributed by atoms with Gasteiger partial charge in [0.05, 0.1) is 17.3 Å². The summed E-state index contributed by atoms with van der Waals surface area (Å²) in [4.78, 5) is 0. The van der Waals surface area contributed by atoms with Crippen LogP contribution in [0.1, 0.15) is 48.4 Å². The third kappa shape index (κ3) is 4.21. The van der Waals surface area contributed by atoms with Gasteiger partial charge in [-0.15, -0.1) is 0 Å². The Morgan fingerprint density at radius 2 is 1.96 bits per heavy atom. The minimum Gasteiger partial charge on any atom is -0.281 e. The van der Waals surface area contributed by atoms with Gasteiger partial charge in [0.15, 0.2) is 0 Å². The van der Waals surface area contributed by atoms with Crippen molar-refractivity contribution in [3.63, 3.8) is 0 Å². The van der Waals surface area contributed by atoms with Crippen molar-refractivity contribution < 1.29 is 8.42 Å². The van der Waals surface area contributed by atoms with Crippen molar-refractivity contribution in [2.24, 2.45) is 0 Å². The number of H-pyrrole nitrogens is 1. The lowest BCUT2D eigenvalue weighted by Crippen LogP contribution is -2.43. The molecule has 1 aliphatic carbocycles. The number of hydrogen-bond donors (Lipinski definition) is 2. The van der Waals surface area contributed by atoms with Crippen LogP contribution in [0.4, 0.5) is 0 Å². The number of rotatable bonds is 5. The summed E-state index contributed by atoms with van der Waals surface area (Å²) in [7, 11) is -0.325. The molecule has 0 bridgehead atoms. The number of aromatic amines is 1. The van der Waals surface area contributed by atoms with Gasteiger partial charge in [0, 0.05) is 37.3 Å². The van der Waals surface area contributed by atoms with Crippen LogP contribution in [0.2, 0.25) is 0 Å². The second-order valence-electron chi connectivity index (χ2n) is 7.26. The standard InChI is InChI=1S/C19H25N5O2S/c1-13-18(21-22-19(13)16-6-4-5-14(11-16)12-20)15-7-9-17(10-8-15)23-27(25,26)24(2)3/h4-6,11,15,17,23H,7-10H2,1-3H3,(H,21,22). The Bertz CT molecular complexity index is 951. The first-order chi connectivity index (χ1) is 12.8. The van der Waals surface area contributed by atoms with Gasteiger partial charge >= 0.3 is 0 Å². The maximum atomic E-state index is 12.0. The second kappa shape index (κ2) is 7.80. The molecule has 144 valence electrons. The van der Waals surface area contributed by atoms with Crippen LogP contribution in [-0.2, 0) is 10.2 Å². The second-order valence-corrected chi connectivity index (χ2v) is 9.17. The molecule has 2 N–H and O–H groups in total. The first kappa shape index (κ1) is 19.5. The van der Waals surface area contributed by atoms with Gasteiger partial charge in [0.2, 0.25) is 0 Å². The Morgan fingerprint density at radius 3 is 2.59 bits per heavy atom. The van der Waals surface area contributed by atoms with Crippen LogP contribution in [-0.4, -0.2) is 43.1 Å². The molecule has 0 amide bonds. The number of nitrogens with one attached hydrogen (secondary N) is 2. The zero-order valence-electron chi connectivity index (χ0n) is 15.9. The van der Waals surface area contributed by atoms with E-state index in [1.165, 1.54) is 18.4 Å². The van der Waals surface area contributed by atoms with Crippen LogP contribution >= 0.6 is 0 Å². The minimum atomic E-state index is -3.39. The zero-order valence-corrected chi connectivity index (χ0v) is 16.7. The average molecular weight is 388 g/mol. The highest BCUT2D eigenvalue weighted by Gasteiger charge is 2.28. The molecule has 0 radical (unpaired) electrons. The summed E-state index contributed by atoms with van der Waals surface area (Å²) in [5, 5.41) is 16.8. The van der Waals surface area contributed by atoms with Gasteiger partial charge in [-0.05, 0) is 50.3 Å². The van der Waals surface area contributed by atoms with Gasteiger partial charge < -0.3 is 0 Å². The maximum absolute atomic E-state index is 12.0. The van der Waals surface area contributed by atoms with Gasteiger partial charge in [-0.25, -0.2) is 0 Å². The van der Waals surface area contributed by atoms with Crippen molar-refractivity contribution in [3.8, 4) is 17.3 Å². The number of hydrogen-bond acceptors (Lipinski definition) is 4. The highest BCUT2D eigenvalue weighted by atomic mass is 32.2. The maximum Gasteiger partial charge on any atom is 0.279 e. The molecule has 0 spiro atoms. The van der Waals surface area contributed by atoms with E-state index in [0.717, 1.165) is 48.2 Å². The highest BCUT2D eigenvalue weighted by Crippen LogP contribution is 2.36. The first-order valence-corrected chi connectivity index (χ1v) is 10.5. The normalized spacial score (nSPS) is 20.6. The van der Waals surface area contributed by atoms with Crippen molar-refractivity contribution in [1.82, 2.24) is 19.2 Å². The molecule has 0 saturated heterocycles. The lowest BCUT2D eigenvalue weighted by molar-refractivity contribution is 0.362. The van der Waals surface area contributed by atoms with E-state index < -0.39 is 10.2 Å². The fourth-order valence-corrected chi connectivity index (χ4v) is 4.51. The molecular weight excluding hydrogens is 362 g/mol. The number of aromatic nitrogens is 2. The van der Waals surface area contributed by atoms with Crippen molar-refractivity contribution in [3.05, 3.63) is 41.1 Å². The molecule has 1 fully saturated rings. The molecule has 8 heteroatoms. The van der Waals surface area contributed by atoms with Crippen LogP contribution in [0.5, 0.6) is 0 Å². The predicted octanol–water partition coefficient (Wildman–Crippen LogP) is 2.68. The molecule has 3 rings (SSSR count). The Balaban J connectivity index is 1.71. The number of benzene rings is 1. The first-order valence-electron chi connectivity index (χ1n) is 9.07. The van der Waals surface area contributed by atoms with E-state index in [4.69, 9.17) is 5.26 Å². The van der Waals surface area contributed by atoms with Crippen LogP contribution in [0.3, 0.4) is 0 Å². The Morgan fingerprint density at radius 1 is 1.26 bits per heavy atom. The molecule has 0 atom stereocenters. The van der Waals surface area contributed by atoms with E-state index in [-0.39, 0.29) is 6.04 Å².